The smallest absolute Gasteiger partial charge is 0.317 e. The molecule has 3 nitrogen and oxygen atoms in total. The maximum absolute atomic E-state index is 12.0. The van der Waals surface area contributed by atoms with Crippen LogP contribution in [0.25, 0.3) is 0 Å². The maximum Gasteiger partial charge on any atom is 0.317 e. The molecule has 1 saturated heterocycles. The first-order valence-corrected chi connectivity index (χ1v) is 7.54. The van der Waals surface area contributed by atoms with E-state index in [-0.39, 0.29) is 6.03 Å². The second kappa shape index (κ2) is 5.80. The van der Waals surface area contributed by atoms with Crippen molar-refractivity contribution in [3.05, 3.63) is 0 Å². The van der Waals surface area contributed by atoms with E-state index < -0.39 is 0 Å². The lowest BCUT2D eigenvalue weighted by molar-refractivity contribution is 0.191. The number of nitrogens with one attached hydrogen (secondary N) is 1. The highest BCUT2D eigenvalue weighted by atomic mass is 32.2. The molecule has 1 aliphatic carbocycles. The van der Waals surface area contributed by atoms with Crippen LogP contribution in [0.4, 0.5) is 4.79 Å². The first-order chi connectivity index (χ1) is 7.75. The predicted octanol–water partition coefficient (Wildman–Crippen LogP) is 2.32. The van der Waals surface area contributed by atoms with Crippen LogP contribution in [0.3, 0.4) is 0 Å². The van der Waals surface area contributed by atoms with Crippen LogP contribution in [0.15, 0.2) is 0 Å². The zero-order chi connectivity index (χ0) is 11.4. The van der Waals surface area contributed by atoms with Crippen molar-refractivity contribution in [1.29, 1.82) is 0 Å². The Morgan fingerprint density at radius 3 is 2.75 bits per heavy atom. The highest BCUT2D eigenvalue weighted by Gasteiger charge is 2.23. The van der Waals surface area contributed by atoms with Crippen LogP contribution in [-0.4, -0.2) is 41.6 Å². The molecule has 0 aromatic carbocycles. The molecule has 2 aliphatic rings. The molecule has 1 saturated carbocycles. The van der Waals surface area contributed by atoms with E-state index in [0.29, 0.717) is 6.04 Å². The zero-order valence-electron chi connectivity index (χ0n) is 10.1. The molecule has 0 aromatic heterocycles. The van der Waals surface area contributed by atoms with E-state index in [1.807, 2.05) is 16.7 Å². The van der Waals surface area contributed by atoms with Crippen LogP contribution in [0.5, 0.6) is 0 Å². The number of thioether (sulfide) groups is 1. The molecule has 0 bridgehead atoms. The molecule has 0 aromatic rings. The molecule has 0 spiro atoms. The van der Waals surface area contributed by atoms with Gasteiger partial charge in [-0.15, -0.1) is 0 Å². The third kappa shape index (κ3) is 3.30. The second-order valence-corrected chi connectivity index (χ2v) is 6.24. The summed E-state index contributed by atoms with van der Waals surface area (Å²) >= 11 is 1.94. The number of hydrogen-bond acceptors (Lipinski definition) is 2. The fourth-order valence-electron chi connectivity index (χ4n) is 2.60. The van der Waals surface area contributed by atoms with Crippen LogP contribution in [-0.2, 0) is 0 Å². The largest absolute Gasteiger partial charge is 0.335 e. The summed E-state index contributed by atoms with van der Waals surface area (Å²) in [7, 11) is 0. The molecule has 1 aliphatic heterocycles. The summed E-state index contributed by atoms with van der Waals surface area (Å²) in [6.07, 6.45) is 4.92. The van der Waals surface area contributed by atoms with E-state index in [1.165, 1.54) is 19.3 Å². The van der Waals surface area contributed by atoms with Crippen molar-refractivity contribution in [2.75, 3.05) is 24.6 Å². The van der Waals surface area contributed by atoms with Gasteiger partial charge in [0.15, 0.2) is 0 Å². The maximum atomic E-state index is 12.0. The number of carbonyl (C=O) groups is 1. The van der Waals surface area contributed by atoms with Crippen molar-refractivity contribution < 1.29 is 4.79 Å². The monoisotopic (exact) mass is 242 g/mol. The molecule has 16 heavy (non-hydrogen) atoms. The van der Waals surface area contributed by atoms with E-state index >= 15 is 0 Å². The summed E-state index contributed by atoms with van der Waals surface area (Å²) < 4.78 is 0. The SMILES string of the molecule is CC1CCCC(NC(=O)N2CCSCC2)C1. The molecule has 92 valence electrons. The minimum atomic E-state index is 0.166. The number of rotatable bonds is 1. The Kier molecular flexibility index (Phi) is 4.38. The third-order valence-electron chi connectivity index (χ3n) is 3.56. The summed E-state index contributed by atoms with van der Waals surface area (Å²) in [5, 5.41) is 3.20. The van der Waals surface area contributed by atoms with Gasteiger partial charge in [0.2, 0.25) is 0 Å². The van der Waals surface area contributed by atoms with E-state index in [1.54, 1.807) is 0 Å². The van der Waals surface area contributed by atoms with Crippen molar-refractivity contribution in [2.24, 2.45) is 5.92 Å². The van der Waals surface area contributed by atoms with Crippen molar-refractivity contribution in [1.82, 2.24) is 10.2 Å². The Morgan fingerprint density at radius 1 is 1.31 bits per heavy atom. The van der Waals surface area contributed by atoms with Crippen molar-refractivity contribution in [2.45, 2.75) is 38.6 Å². The minimum Gasteiger partial charge on any atom is -0.335 e. The van der Waals surface area contributed by atoms with Gasteiger partial charge in [0.25, 0.3) is 0 Å². The van der Waals surface area contributed by atoms with Crippen molar-refractivity contribution in [3.63, 3.8) is 0 Å². The topological polar surface area (TPSA) is 32.3 Å². The number of carbonyl (C=O) groups excluding carboxylic acids is 1. The molecule has 2 rings (SSSR count). The molecular weight excluding hydrogens is 220 g/mol. The average Bonchev–Trinajstić information content (AvgIpc) is 2.30. The van der Waals surface area contributed by atoms with Crippen LogP contribution in [0.1, 0.15) is 32.6 Å². The van der Waals surface area contributed by atoms with Gasteiger partial charge in [-0.1, -0.05) is 19.8 Å². The Hall–Kier alpha value is -0.380. The fourth-order valence-corrected chi connectivity index (χ4v) is 3.50. The van der Waals surface area contributed by atoms with Crippen molar-refractivity contribution in [3.8, 4) is 0 Å². The first kappa shape index (κ1) is 12.1. The van der Waals surface area contributed by atoms with Crippen LogP contribution in [0, 0.1) is 5.92 Å². The molecule has 2 unspecified atom stereocenters. The van der Waals surface area contributed by atoms with Gasteiger partial charge in [0, 0.05) is 30.6 Å². The molecule has 0 radical (unpaired) electrons. The van der Waals surface area contributed by atoms with E-state index in [2.05, 4.69) is 12.2 Å². The minimum absolute atomic E-state index is 0.166. The molecule has 1 heterocycles. The molecule has 2 atom stereocenters. The Morgan fingerprint density at radius 2 is 2.06 bits per heavy atom. The fraction of sp³-hybridized carbons (Fsp3) is 0.917. The van der Waals surface area contributed by atoms with Crippen LogP contribution in [0.2, 0.25) is 0 Å². The highest BCUT2D eigenvalue weighted by Crippen LogP contribution is 2.23. The molecule has 1 N–H and O–H groups in total. The van der Waals surface area contributed by atoms with Gasteiger partial charge in [0.05, 0.1) is 0 Å². The molecule has 4 heteroatoms. The average molecular weight is 242 g/mol. The van der Waals surface area contributed by atoms with E-state index in [4.69, 9.17) is 0 Å². The standard InChI is InChI=1S/C12H22N2OS/c1-10-3-2-4-11(9-10)13-12(15)14-5-7-16-8-6-14/h10-11H,2-9H2,1H3,(H,13,15). The number of nitrogens with zero attached hydrogens (tertiary/aromatic N) is 1. The van der Waals surface area contributed by atoms with E-state index in [9.17, 15) is 4.79 Å². The van der Waals surface area contributed by atoms with Crippen LogP contribution < -0.4 is 5.32 Å². The van der Waals surface area contributed by atoms with Gasteiger partial charge in [-0.05, 0) is 18.8 Å². The summed E-state index contributed by atoms with van der Waals surface area (Å²) in [6, 6.07) is 0.588. The van der Waals surface area contributed by atoms with Gasteiger partial charge < -0.3 is 10.2 Å². The second-order valence-electron chi connectivity index (χ2n) is 5.02. The lowest BCUT2D eigenvalue weighted by atomic mass is 9.87. The summed E-state index contributed by atoms with van der Waals surface area (Å²) in [5.41, 5.74) is 0. The lowest BCUT2D eigenvalue weighted by Gasteiger charge is -2.32. The van der Waals surface area contributed by atoms with Crippen molar-refractivity contribution >= 4 is 17.8 Å². The van der Waals surface area contributed by atoms with Gasteiger partial charge in [-0.25, -0.2) is 4.79 Å². The Balaban J connectivity index is 1.77. The summed E-state index contributed by atoms with van der Waals surface area (Å²) in [5.74, 6) is 2.96. The predicted molar refractivity (Wildman–Crippen MR) is 68.8 cm³/mol. The van der Waals surface area contributed by atoms with Gasteiger partial charge >= 0.3 is 6.03 Å². The first-order valence-electron chi connectivity index (χ1n) is 6.39. The number of urea groups is 1. The van der Waals surface area contributed by atoms with E-state index in [0.717, 1.165) is 36.9 Å². The number of hydrogen-bond donors (Lipinski definition) is 1. The molecule has 2 amide bonds. The lowest BCUT2D eigenvalue weighted by Crippen LogP contribution is -2.48. The van der Waals surface area contributed by atoms with Crippen LogP contribution >= 0.6 is 11.8 Å². The quantitative estimate of drug-likeness (QED) is 0.765. The molecule has 2 fully saturated rings. The number of amides is 2. The highest BCUT2D eigenvalue weighted by molar-refractivity contribution is 7.99. The third-order valence-corrected chi connectivity index (χ3v) is 4.50. The summed E-state index contributed by atoms with van der Waals surface area (Å²) in [4.78, 5) is 13.9. The van der Waals surface area contributed by atoms with Gasteiger partial charge in [-0.2, -0.15) is 11.8 Å². The zero-order valence-corrected chi connectivity index (χ0v) is 10.9. The normalized spacial score (nSPS) is 31.2. The van der Waals surface area contributed by atoms with Gasteiger partial charge in [-0.3, -0.25) is 0 Å². The Labute approximate surface area is 102 Å². The van der Waals surface area contributed by atoms with Gasteiger partial charge in [0.1, 0.15) is 0 Å². The summed E-state index contributed by atoms with van der Waals surface area (Å²) in [6.45, 7) is 4.12. The Bertz CT molecular complexity index is 241. The molecular formula is C12H22N2OS.